The highest BCUT2D eigenvalue weighted by Gasteiger charge is 2.35. The lowest BCUT2D eigenvalue weighted by molar-refractivity contribution is 0.0373. The first-order chi connectivity index (χ1) is 20.6. The maximum absolute atomic E-state index is 13.7. The zero-order chi connectivity index (χ0) is 30.7. The minimum absolute atomic E-state index is 0.0447. The summed E-state index contributed by atoms with van der Waals surface area (Å²) < 4.78 is 46.2. The molecule has 0 aromatic heterocycles. The summed E-state index contributed by atoms with van der Waals surface area (Å²) in [6, 6.07) is 16.7. The van der Waals surface area contributed by atoms with E-state index in [1.165, 1.54) is 23.1 Å². The van der Waals surface area contributed by atoms with Gasteiger partial charge in [0.15, 0.2) is 17.2 Å². The van der Waals surface area contributed by atoms with Crippen LogP contribution in [0.4, 0.5) is 16.2 Å². The zero-order valence-electron chi connectivity index (χ0n) is 24.0. The van der Waals surface area contributed by atoms with Gasteiger partial charge in [0.1, 0.15) is 6.10 Å². The van der Waals surface area contributed by atoms with Crippen molar-refractivity contribution in [3.8, 4) is 17.2 Å². The number of rotatable bonds is 8. The predicted octanol–water partition coefficient (Wildman–Crippen LogP) is 3.60. The van der Waals surface area contributed by atoms with Crippen molar-refractivity contribution < 1.29 is 37.3 Å². The van der Waals surface area contributed by atoms with E-state index in [1.807, 2.05) is 6.92 Å². The number of sulfonamides is 1. The van der Waals surface area contributed by atoms with Crippen LogP contribution < -0.4 is 24.2 Å². The molecule has 43 heavy (non-hydrogen) atoms. The van der Waals surface area contributed by atoms with Gasteiger partial charge in [-0.1, -0.05) is 31.2 Å². The second-order valence-corrected chi connectivity index (χ2v) is 12.3. The smallest absolute Gasteiger partial charge is 0.321 e. The van der Waals surface area contributed by atoms with Crippen molar-refractivity contribution in [2.24, 2.45) is 5.92 Å². The van der Waals surface area contributed by atoms with Gasteiger partial charge in [-0.3, -0.25) is 9.52 Å². The fraction of sp³-hybridized carbons (Fsp3) is 0.333. The molecule has 0 fully saturated rings. The van der Waals surface area contributed by atoms with Crippen molar-refractivity contribution in [2.45, 2.75) is 30.9 Å². The van der Waals surface area contributed by atoms with Crippen LogP contribution in [0.15, 0.2) is 71.6 Å². The summed E-state index contributed by atoms with van der Waals surface area (Å²) in [6.07, 6.45) is -0.657. The standard InChI is InChI=1S/C30H34N4O8S/c1-19-15-34(20(2)17-35)29(36)23-10-7-11-24(32-43(38,39)22-8-5-4-6-9-22)28(23)42-27(19)16-33(3)30(37)31-21-12-13-25-26(14-21)41-18-40-25/h4-14,19-20,27,32,35H,15-18H2,1-3H3,(H,31,37)/t19-,20-,27-/m1/s1. The van der Waals surface area contributed by atoms with Gasteiger partial charge in [0.2, 0.25) is 6.79 Å². The van der Waals surface area contributed by atoms with Crippen LogP contribution in [0.1, 0.15) is 24.2 Å². The lowest BCUT2D eigenvalue weighted by Gasteiger charge is -2.38. The highest BCUT2D eigenvalue weighted by molar-refractivity contribution is 7.92. The Balaban J connectivity index is 1.44. The maximum Gasteiger partial charge on any atom is 0.321 e. The van der Waals surface area contributed by atoms with E-state index < -0.39 is 34.1 Å². The molecule has 3 aromatic rings. The fourth-order valence-electron chi connectivity index (χ4n) is 4.89. The number of likely N-dealkylation sites (N-methyl/N-ethyl adjacent to an activating group) is 1. The summed E-state index contributed by atoms with van der Waals surface area (Å²) in [4.78, 5) is 29.9. The Labute approximate surface area is 250 Å². The zero-order valence-corrected chi connectivity index (χ0v) is 24.8. The van der Waals surface area contributed by atoms with Crippen molar-refractivity contribution >= 4 is 33.3 Å². The number of hydrogen-bond donors (Lipinski definition) is 3. The van der Waals surface area contributed by atoms with Gasteiger partial charge in [-0.2, -0.15) is 0 Å². The first-order valence-corrected chi connectivity index (χ1v) is 15.3. The summed E-state index contributed by atoms with van der Waals surface area (Å²) in [6.45, 7) is 3.80. The molecular formula is C30H34N4O8S. The van der Waals surface area contributed by atoms with Crippen LogP contribution in [0, 0.1) is 5.92 Å². The van der Waals surface area contributed by atoms with Gasteiger partial charge in [0.05, 0.1) is 35.3 Å². The van der Waals surface area contributed by atoms with Crippen LogP contribution in [0.25, 0.3) is 0 Å². The van der Waals surface area contributed by atoms with E-state index in [2.05, 4.69) is 10.0 Å². The molecule has 2 heterocycles. The molecular weight excluding hydrogens is 576 g/mol. The van der Waals surface area contributed by atoms with Gasteiger partial charge in [0, 0.05) is 31.3 Å². The summed E-state index contributed by atoms with van der Waals surface area (Å²) in [5, 5.41) is 12.8. The van der Waals surface area contributed by atoms with Crippen molar-refractivity contribution in [2.75, 3.05) is 43.6 Å². The molecule has 3 N–H and O–H groups in total. The summed E-state index contributed by atoms with van der Waals surface area (Å²) in [7, 11) is -2.40. The van der Waals surface area contributed by atoms with Crippen LogP contribution in [0.5, 0.6) is 17.2 Å². The van der Waals surface area contributed by atoms with Crippen LogP contribution in [-0.4, -0.2) is 80.9 Å². The first-order valence-electron chi connectivity index (χ1n) is 13.8. The molecule has 3 amide bonds. The van der Waals surface area contributed by atoms with Crippen LogP contribution in [0.2, 0.25) is 0 Å². The van der Waals surface area contributed by atoms with E-state index in [1.54, 1.807) is 67.4 Å². The Hall–Kier alpha value is -4.49. The number of fused-ring (bicyclic) bond motifs is 2. The van der Waals surface area contributed by atoms with Gasteiger partial charge < -0.3 is 34.4 Å². The third-order valence-electron chi connectivity index (χ3n) is 7.41. The van der Waals surface area contributed by atoms with E-state index in [0.717, 1.165) is 0 Å². The second-order valence-electron chi connectivity index (χ2n) is 10.6. The topological polar surface area (TPSA) is 147 Å². The number of amides is 3. The number of aliphatic hydroxyl groups is 1. The lowest BCUT2D eigenvalue weighted by Crippen LogP contribution is -2.50. The SMILES string of the molecule is C[C@@H]1CN([C@H](C)CO)C(=O)c2cccc(NS(=O)(=O)c3ccccc3)c2O[C@@H]1CN(C)C(=O)Nc1ccc2c(c1)OCO2. The number of ether oxygens (including phenoxy) is 3. The van der Waals surface area contributed by atoms with Gasteiger partial charge in [-0.15, -0.1) is 0 Å². The Morgan fingerprint density at radius 1 is 1.09 bits per heavy atom. The molecule has 2 aliphatic heterocycles. The normalized spacial score (nSPS) is 18.5. The van der Waals surface area contributed by atoms with Crippen LogP contribution >= 0.6 is 0 Å². The minimum Gasteiger partial charge on any atom is -0.485 e. The molecule has 0 saturated heterocycles. The van der Waals surface area contributed by atoms with Gasteiger partial charge >= 0.3 is 6.03 Å². The average Bonchev–Trinajstić information content (AvgIpc) is 3.47. The van der Waals surface area contributed by atoms with Gasteiger partial charge in [-0.25, -0.2) is 13.2 Å². The molecule has 0 radical (unpaired) electrons. The van der Waals surface area contributed by atoms with Crippen LogP contribution in [0.3, 0.4) is 0 Å². The molecule has 12 nitrogen and oxygen atoms in total. The van der Waals surface area contributed by atoms with E-state index in [4.69, 9.17) is 14.2 Å². The number of carbonyl (C=O) groups excluding carboxylic acids is 2. The molecule has 228 valence electrons. The number of nitrogens with zero attached hydrogens (tertiary/aromatic N) is 2. The van der Waals surface area contributed by atoms with E-state index in [0.29, 0.717) is 17.2 Å². The first kappa shape index (κ1) is 30.0. The number of carbonyl (C=O) groups is 2. The Morgan fingerprint density at radius 3 is 2.58 bits per heavy atom. The Morgan fingerprint density at radius 2 is 1.84 bits per heavy atom. The molecule has 0 spiro atoms. The van der Waals surface area contributed by atoms with E-state index >= 15 is 0 Å². The molecule has 5 rings (SSSR count). The number of para-hydroxylation sites is 1. The molecule has 2 aliphatic rings. The van der Waals surface area contributed by atoms with Gasteiger partial charge in [-0.05, 0) is 43.3 Å². The lowest BCUT2D eigenvalue weighted by atomic mass is 9.99. The van der Waals surface area contributed by atoms with Gasteiger partial charge in [0.25, 0.3) is 15.9 Å². The molecule has 0 bridgehead atoms. The number of aliphatic hydroxyl groups excluding tert-OH is 1. The van der Waals surface area contributed by atoms with E-state index in [9.17, 15) is 23.1 Å². The Bertz CT molecular complexity index is 1600. The molecule has 0 aliphatic carbocycles. The second kappa shape index (κ2) is 12.4. The number of anilines is 2. The summed E-state index contributed by atoms with van der Waals surface area (Å²) in [5.74, 6) is 0.449. The van der Waals surface area contributed by atoms with E-state index in [-0.39, 0.29) is 54.3 Å². The average molecular weight is 611 g/mol. The van der Waals surface area contributed by atoms with Crippen molar-refractivity contribution in [3.63, 3.8) is 0 Å². The number of hydrogen-bond acceptors (Lipinski definition) is 8. The third kappa shape index (κ3) is 6.47. The Kier molecular flexibility index (Phi) is 8.64. The van der Waals surface area contributed by atoms with Crippen molar-refractivity contribution in [1.82, 2.24) is 9.80 Å². The number of urea groups is 1. The summed E-state index contributed by atoms with van der Waals surface area (Å²) in [5.41, 5.74) is 0.736. The number of benzene rings is 3. The largest absolute Gasteiger partial charge is 0.485 e. The monoisotopic (exact) mass is 610 g/mol. The minimum atomic E-state index is -4.01. The molecule has 13 heteroatoms. The van der Waals surface area contributed by atoms with Crippen LogP contribution in [-0.2, 0) is 10.0 Å². The molecule has 0 saturated carbocycles. The number of nitrogens with one attached hydrogen (secondary N) is 2. The molecule has 3 atom stereocenters. The van der Waals surface area contributed by atoms with Crippen molar-refractivity contribution in [3.05, 3.63) is 72.3 Å². The van der Waals surface area contributed by atoms with Crippen molar-refractivity contribution in [1.29, 1.82) is 0 Å². The highest BCUT2D eigenvalue weighted by Crippen LogP contribution is 2.37. The summed E-state index contributed by atoms with van der Waals surface area (Å²) >= 11 is 0. The molecule has 0 unspecified atom stereocenters. The predicted molar refractivity (Wildman–Crippen MR) is 159 cm³/mol. The molecule has 3 aromatic carbocycles. The fourth-order valence-corrected chi connectivity index (χ4v) is 5.97. The maximum atomic E-state index is 13.7. The quantitative estimate of drug-likeness (QED) is 0.351. The highest BCUT2D eigenvalue weighted by atomic mass is 32.2. The third-order valence-corrected chi connectivity index (χ3v) is 8.79.